The lowest BCUT2D eigenvalue weighted by molar-refractivity contribution is -0.384. The first-order valence-corrected chi connectivity index (χ1v) is 6.09. The van der Waals surface area contributed by atoms with Crippen LogP contribution in [-0.4, -0.2) is 17.0 Å². The van der Waals surface area contributed by atoms with Crippen LogP contribution in [0.3, 0.4) is 0 Å². The first kappa shape index (κ1) is 13.8. The zero-order valence-corrected chi connectivity index (χ0v) is 11.3. The number of anilines is 1. The highest BCUT2D eigenvalue weighted by Crippen LogP contribution is 2.22. The minimum Gasteiger partial charge on any atom is -0.497 e. The molecular formula is C14H15N3O3. The van der Waals surface area contributed by atoms with E-state index in [1.807, 2.05) is 24.3 Å². The molecular weight excluding hydrogens is 258 g/mol. The van der Waals surface area contributed by atoms with E-state index in [2.05, 4.69) is 10.3 Å². The van der Waals surface area contributed by atoms with E-state index in [0.29, 0.717) is 6.54 Å². The molecule has 6 heteroatoms. The Morgan fingerprint density at radius 2 is 1.95 bits per heavy atom. The molecule has 2 rings (SSSR count). The molecule has 0 spiro atoms. The topological polar surface area (TPSA) is 77.3 Å². The van der Waals surface area contributed by atoms with Crippen molar-refractivity contribution < 1.29 is 9.66 Å². The number of hydrogen-bond donors (Lipinski definition) is 1. The van der Waals surface area contributed by atoms with Gasteiger partial charge in [-0.1, -0.05) is 12.1 Å². The molecule has 0 bridgehead atoms. The number of benzene rings is 1. The van der Waals surface area contributed by atoms with Crippen LogP contribution in [0.25, 0.3) is 0 Å². The third-order valence-electron chi connectivity index (χ3n) is 2.83. The number of nitro groups is 1. The summed E-state index contributed by atoms with van der Waals surface area (Å²) >= 11 is 0. The van der Waals surface area contributed by atoms with Gasteiger partial charge in [0.2, 0.25) is 5.82 Å². The summed E-state index contributed by atoms with van der Waals surface area (Å²) in [5.41, 5.74) is 1.69. The van der Waals surface area contributed by atoms with Gasteiger partial charge in [-0.2, -0.15) is 0 Å². The number of methoxy groups -OCH3 is 1. The lowest BCUT2D eigenvalue weighted by Crippen LogP contribution is -2.05. The Bertz CT molecular complexity index is 612. The summed E-state index contributed by atoms with van der Waals surface area (Å²) in [7, 11) is 1.60. The van der Waals surface area contributed by atoms with Gasteiger partial charge in [0, 0.05) is 18.3 Å². The fraction of sp³-hybridized carbons (Fsp3) is 0.214. The van der Waals surface area contributed by atoms with Gasteiger partial charge >= 0.3 is 5.69 Å². The van der Waals surface area contributed by atoms with Crippen molar-refractivity contribution in [2.45, 2.75) is 13.5 Å². The lowest BCUT2D eigenvalue weighted by atomic mass is 10.2. The van der Waals surface area contributed by atoms with Crippen LogP contribution in [0.15, 0.2) is 36.4 Å². The number of nitrogens with one attached hydrogen (secondary N) is 1. The SMILES string of the molecule is COc1ccc(CNc2nc(C)ccc2[N+](=O)[O-])cc1. The number of nitrogens with zero attached hydrogens (tertiary/aromatic N) is 2. The minimum atomic E-state index is -0.442. The maximum atomic E-state index is 10.9. The molecule has 1 aromatic carbocycles. The van der Waals surface area contributed by atoms with Crippen LogP contribution in [0.4, 0.5) is 11.5 Å². The molecule has 0 amide bonds. The maximum absolute atomic E-state index is 10.9. The zero-order valence-electron chi connectivity index (χ0n) is 11.3. The van der Waals surface area contributed by atoms with Gasteiger partial charge < -0.3 is 10.1 Å². The number of aryl methyl sites for hydroxylation is 1. The molecule has 1 heterocycles. The van der Waals surface area contributed by atoms with Crippen molar-refractivity contribution in [2.24, 2.45) is 0 Å². The van der Waals surface area contributed by atoms with Gasteiger partial charge in [0.1, 0.15) is 5.75 Å². The van der Waals surface area contributed by atoms with Gasteiger partial charge in [0.25, 0.3) is 0 Å². The highest BCUT2D eigenvalue weighted by molar-refractivity contribution is 5.56. The fourth-order valence-electron chi connectivity index (χ4n) is 1.76. The highest BCUT2D eigenvalue weighted by atomic mass is 16.6. The molecule has 0 aliphatic heterocycles. The van der Waals surface area contributed by atoms with Crippen LogP contribution >= 0.6 is 0 Å². The minimum absolute atomic E-state index is 0.0240. The van der Waals surface area contributed by atoms with E-state index in [1.54, 1.807) is 20.1 Å². The summed E-state index contributed by atoms with van der Waals surface area (Å²) in [4.78, 5) is 14.7. The standard InChI is InChI=1S/C14H15N3O3/c1-10-3-8-13(17(18)19)14(16-10)15-9-11-4-6-12(20-2)7-5-11/h3-8H,9H2,1-2H3,(H,15,16). The number of pyridine rings is 1. The largest absolute Gasteiger partial charge is 0.497 e. The lowest BCUT2D eigenvalue weighted by Gasteiger charge is -2.07. The molecule has 2 aromatic rings. The van der Waals surface area contributed by atoms with Crippen LogP contribution in [-0.2, 0) is 6.54 Å². The van der Waals surface area contributed by atoms with Crippen molar-refractivity contribution in [1.29, 1.82) is 0 Å². The summed E-state index contributed by atoms with van der Waals surface area (Å²) in [5, 5.41) is 13.9. The van der Waals surface area contributed by atoms with E-state index in [4.69, 9.17) is 4.74 Å². The highest BCUT2D eigenvalue weighted by Gasteiger charge is 2.14. The van der Waals surface area contributed by atoms with Crippen molar-refractivity contribution in [3.05, 3.63) is 57.8 Å². The molecule has 20 heavy (non-hydrogen) atoms. The monoisotopic (exact) mass is 273 g/mol. The van der Waals surface area contributed by atoms with E-state index in [9.17, 15) is 10.1 Å². The van der Waals surface area contributed by atoms with Crippen LogP contribution in [0.2, 0.25) is 0 Å². The summed E-state index contributed by atoms with van der Waals surface area (Å²) in [6.07, 6.45) is 0. The third-order valence-corrected chi connectivity index (χ3v) is 2.83. The first-order chi connectivity index (χ1) is 9.60. The van der Waals surface area contributed by atoms with Crippen molar-refractivity contribution in [1.82, 2.24) is 4.98 Å². The predicted molar refractivity (Wildman–Crippen MR) is 75.9 cm³/mol. The molecule has 0 saturated carbocycles. The first-order valence-electron chi connectivity index (χ1n) is 6.09. The van der Waals surface area contributed by atoms with Gasteiger partial charge in [-0.3, -0.25) is 10.1 Å². The Morgan fingerprint density at radius 3 is 2.55 bits per heavy atom. The smallest absolute Gasteiger partial charge is 0.311 e. The molecule has 0 fully saturated rings. The Labute approximate surface area is 116 Å². The summed E-state index contributed by atoms with van der Waals surface area (Å²) in [6.45, 7) is 2.25. The van der Waals surface area contributed by atoms with Crippen LogP contribution in [0.5, 0.6) is 5.75 Å². The van der Waals surface area contributed by atoms with Crippen molar-refractivity contribution >= 4 is 11.5 Å². The van der Waals surface area contributed by atoms with Gasteiger partial charge in [-0.05, 0) is 30.7 Å². The molecule has 0 saturated heterocycles. The Morgan fingerprint density at radius 1 is 1.25 bits per heavy atom. The zero-order chi connectivity index (χ0) is 14.5. The number of ether oxygens (including phenoxy) is 1. The Kier molecular flexibility index (Phi) is 4.14. The normalized spacial score (nSPS) is 10.1. The molecule has 0 radical (unpaired) electrons. The molecule has 1 aromatic heterocycles. The van der Waals surface area contributed by atoms with Crippen molar-refractivity contribution in [3.63, 3.8) is 0 Å². The van der Waals surface area contributed by atoms with Crippen LogP contribution < -0.4 is 10.1 Å². The molecule has 104 valence electrons. The number of aromatic nitrogens is 1. The average Bonchev–Trinajstić information content (AvgIpc) is 2.45. The van der Waals surface area contributed by atoms with Gasteiger partial charge in [-0.25, -0.2) is 4.98 Å². The maximum Gasteiger partial charge on any atom is 0.311 e. The molecule has 0 aliphatic carbocycles. The summed E-state index contributed by atoms with van der Waals surface area (Å²) in [6, 6.07) is 10.6. The van der Waals surface area contributed by atoms with Crippen LogP contribution in [0, 0.1) is 17.0 Å². The fourth-order valence-corrected chi connectivity index (χ4v) is 1.76. The van der Waals surface area contributed by atoms with Gasteiger partial charge in [-0.15, -0.1) is 0 Å². The van der Waals surface area contributed by atoms with E-state index >= 15 is 0 Å². The van der Waals surface area contributed by atoms with Crippen molar-refractivity contribution in [2.75, 3.05) is 12.4 Å². The second-order valence-electron chi connectivity index (χ2n) is 4.28. The quantitative estimate of drug-likeness (QED) is 0.669. The Hall–Kier alpha value is -2.63. The number of hydrogen-bond acceptors (Lipinski definition) is 5. The van der Waals surface area contributed by atoms with Crippen molar-refractivity contribution in [3.8, 4) is 5.75 Å². The van der Waals surface area contributed by atoms with E-state index in [1.165, 1.54) is 6.07 Å². The van der Waals surface area contributed by atoms with Gasteiger partial charge in [0.15, 0.2) is 0 Å². The molecule has 0 unspecified atom stereocenters. The second kappa shape index (κ2) is 6.01. The van der Waals surface area contributed by atoms with E-state index in [-0.39, 0.29) is 11.5 Å². The molecule has 6 nitrogen and oxygen atoms in total. The molecule has 1 N–H and O–H groups in total. The van der Waals surface area contributed by atoms with E-state index < -0.39 is 4.92 Å². The molecule has 0 aliphatic rings. The molecule has 0 atom stereocenters. The second-order valence-corrected chi connectivity index (χ2v) is 4.28. The number of rotatable bonds is 5. The summed E-state index contributed by atoms with van der Waals surface area (Å²) in [5.74, 6) is 1.05. The third kappa shape index (κ3) is 3.23. The Balaban J connectivity index is 2.13. The van der Waals surface area contributed by atoms with Gasteiger partial charge in [0.05, 0.1) is 12.0 Å². The predicted octanol–water partition coefficient (Wildman–Crippen LogP) is 2.92. The van der Waals surface area contributed by atoms with E-state index in [0.717, 1.165) is 17.0 Å². The summed E-state index contributed by atoms with van der Waals surface area (Å²) < 4.78 is 5.08. The van der Waals surface area contributed by atoms with Crippen LogP contribution in [0.1, 0.15) is 11.3 Å². The average molecular weight is 273 g/mol.